The van der Waals surface area contributed by atoms with E-state index >= 15 is 4.39 Å². The Morgan fingerprint density at radius 1 is 1.14 bits per heavy atom. The summed E-state index contributed by atoms with van der Waals surface area (Å²) in [7, 11) is 1.41. The largest absolute Gasteiger partial charge is 0.508 e. The number of fused-ring (bicyclic) bond motifs is 3. The summed E-state index contributed by atoms with van der Waals surface area (Å²) >= 11 is 0. The van der Waals surface area contributed by atoms with Crippen molar-refractivity contribution in [3.8, 4) is 41.2 Å². The predicted molar refractivity (Wildman–Crippen MR) is 160 cm³/mol. The van der Waals surface area contributed by atoms with Gasteiger partial charge in [0.25, 0.3) is 0 Å². The molecule has 3 aliphatic rings. The van der Waals surface area contributed by atoms with Gasteiger partial charge in [0.2, 0.25) is 5.88 Å². The average Bonchev–Trinajstić information content (AvgIpc) is 3.56. The fourth-order valence-corrected chi connectivity index (χ4v) is 7.00. The second kappa shape index (κ2) is 11.0. The number of phenols is 1. The van der Waals surface area contributed by atoms with Crippen molar-refractivity contribution in [1.82, 2.24) is 25.2 Å². The minimum Gasteiger partial charge on any atom is -0.508 e. The van der Waals surface area contributed by atoms with Crippen LogP contribution >= 0.6 is 0 Å². The first-order valence-electron chi connectivity index (χ1n) is 14.7. The molecule has 3 aliphatic heterocycles. The van der Waals surface area contributed by atoms with Crippen LogP contribution in [0.5, 0.6) is 17.6 Å². The molecule has 1 unspecified atom stereocenters. The number of phenolic OH excluding ortho intramolecular Hbond substituents is 1. The zero-order valence-electron chi connectivity index (χ0n) is 24.2. The van der Waals surface area contributed by atoms with Crippen molar-refractivity contribution in [3.63, 3.8) is 0 Å². The van der Waals surface area contributed by atoms with Crippen LogP contribution in [0.2, 0.25) is 0 Å². The van der Waals surface area contributed by atoms with Crippen molar-refractivity contribution in [2.75, 3.05) is 57.9 Å². The van der Waals surface area contributed by atoms with Gasteiger partial charge in [-0.3, -0.25) is 4.90 Å². The fourth-order valence-electron chi connectivity index (χ4n) is 7.00. The highest BCUT2D eigenvalue weighted by Gasteiger charge is 2.49. The molecule has 44 heavy (non-hydrogen) atoms. The van der Waals surface area contributed by atoms with Crippen molar-refractivity contribution in [2.45, 2.75) is 31.0 Å². The maximum atomic E-state index is 16.8. The van der Waals surface area contributed by atoms with E-state index in [0.717, 1.165) is 19.4 Å². The number of methoxy groups -OCH3 is 1. The molecule has 228 valence electrons. The number of hydrogen-bond donors (Lipinski definition) is 2. The van der Waals surface area contributed by atoms with Gasteiger partial charge in [-0.2, -0.15) is 9.97 Å². The summed E-state index contributed by atoms with van der Waals surface area (Å²) < 4.78 is 57.9. The number of aromatic nitrogens is 3. The van der Waals surface area contributed by atoms with Crippen molar-refractivity contribution in [3.05, 3.63) is 41.5 Å². The van der Waals surface area contributed by atoms with Crippen LogP contribution in [0.1, 0.15) is 24.8 Å². The highest BCUT2D eigenvalue weighted by molar-refractivity contribution is 6.04. The molecule has 3 fully saturated rings. The molecule has 0 amide bonds. The molecule has 9 nitrogen and oxygen atoms in total. The van der Waals surface area contributed by atoms with Gasteiger partial charge in [0.05, 0.1) is 18.2 Å². The molecule has 2 aromatic carbocycles. The molecule has 0 bridgehead atoms. The molecule has 0 aliphatic carbocycles. The number of terminal acetylenes is 1. The molecule has 0 spiro atoms. The molecule has 0 saturated carbocycles. The molecule has 0 radical (unpaired) electrons. The highest BCUT2D eigenvalue weighted by Crippen LogP contribution is 2.43. The Morgan fingerprint density at radius 3 is 2.73 bits per heavy atom. The van der Waals surface area contributed by atoms with Gasteiger partial charge in [-0.05, 0) is 43.0 Å². The molecule has 2 atom stereocenters. The van der Waals surface area contributed by atoms with Gasteiger partial charge in [-0.1, -0.05) is 12.0 Å². The lowest BCUT2D eigenvalue weighted by atomic mass is 9.95. The number of benzene rings is 2. The molecule has 7 rings (SSSR count). The minimum absolute atomic E-state index is 0.0447. The molecule has 3 saturated heterocycles. The monoisotopic (exact) mass is 604 g/mol. The van der Waals surface area contributed by atoms with Gasteiger partial charge in [0, 0.05) is 50.1 Å². The Morgan fingerprint density at radius 2 is 1.95 bits per heavy atom. The van der Waals surface area contributed by atoms with Crippen LogP contribution in [0.15, 0.2) is 24.3 Å². The number of hydrogen-bond acceptors (Lipinski definition) is 9. The first kappa shape index (κ1) is 28.4. The number of pyridine rings is 1. The van der Waals surface area contributed by atoms with E-state index in [1.54, 1.807) is 0 Å². The normalized spacial score (nSPS) is 22.0. The minimum atomic E-state index is -0.932. The number of aromatic hydroxyl groups is 1. The Labute approximate surface area is 252 Å². The third-order valence-electron chi connectivity index (χ3n) is 9.00. The van der Waals surface area contributed by atoms with Gasteiger partial charge in [0.1, 0.15) is 46.8 Å². The Kier molecular flexibility index (Phi) is 7.10. The van der Waals surface area contributed by atoms with Gasteiger partial charge in [-0.15, -0.1) is 6.42 Å². The number of ether oxygens (including phenoxy) is 2. The first-order valence-corrected chi connectivity index (χ1v) is 14.7. The second-order valence-corrected chi connectivity index (χ2v) is 11.6. The van der Waals surface area contributed by atoms with E-state index in [1.165, 1.54) is 31.4 Å². The number of halogens is 3. The van der Waals surface area contributed by atoms with Gasteiger partial charge in [-0.25, -0.2) is 18.2 Å². The fraction of sp³-hybridized carbons (Fsp3) is 0.406. The summed E-state index contributed by atoms with van der Waals surface area (Å²) in [5.74, 6) is 1.11. The van der Waals surface area contributed by atoms with E-state index in [2.05, 4.69) is 26.1 Å². The van der Waals surface area contributed by atoms with E-state index in [1.807, 2.05) is 4.90 Å². The Bertz CT molecular complexity index is 1830. The number of rotatable bonds is 6. The third kappa shape index (κ3) is 4.62. The smallest absolute Gasteiger partial charge is 0.319 e. The Hall–Kier alpha value is -4.34. The number of nitrogens with one attached hydrogen (secondary N) is 1. The van der Waals surface area contributed by atoms with Gasteiger partial charge in [0.15, 0.2) is 5.82 Å². The average molecular weight is 605 g/mol. The third-order valence-corrected chi connectivity index (χ3v) is 9.00. The summed E-state index contributed by atoms with van der Waals surface area (Å²) in [5.41, 5.74) is -0.812. The number of nitrogens with zero attached hydrogens (tertiary/aromatic N) is 5. The van der Waals surface area contributed by atoms with Crippen LogP contribution < -0.4 is 19.7 Å². The van der Waals surface area contributed by atoms with Crippen LogP contribution in [0.4, 0.5) is 19.0 Å². The lowest BCUT2D eigenvalue weighted by molar-refractivity contribution is 0.107. The summed E-state index contributed by atoms with van der Waals surface area (Å²) in [4.78, 5) is 17.9. The number of alkyl halides is 1. The summed E-state index contributed by atoms with van der Waals surface area (Å²) in [6.45, 7) is 3.87. The number of anilines is 1. The lowest BCUT2D eigenvalue weighted by Crippen LogP contribution is -2.44. The maximum Gasteiger partial charge on any atom is 0.319 e. The molecule has 4 aromatic rings. The standard InChI is InChI=1S/C32H31F3N6O3/c1-3-21-23(34)6-5-18-13-20(42)14-22(24(18)21)27-26(35)28-25(30(37-27)43-2)29(40-11-8-36-9-12-40)39-31(38-28)44-17-32-7-4-10-41(32)16-19(33)15-32/h1,5-6,13-14,19,36,42H,4,7-12,15-17H2,2H3/t19-,32?/m1/s1. The van der Waals surface area contributed by atoms with Gasteiger partial charge < -0.3 is 24.8 Å². The second-order valence-electron chi connectivity index (χ2n) is 11.6. The van der Waals surface area contributed by atoms with E-state index in [9.17, 15) is 13.9 Å². The maximum absolute atomic E-state index is 16.8. The molecular formula is C32H31F3N6O3. The molecular weight excluding hydrogens is 573 g/mol. The summed E-state index contributed by atoms with van der Waals surface area (Å²) in [6.07, 6.45) is 6.84. The van der Waals surface area contributed by atoms with E-state index in [0.29, 0.717) is 50.3 Å². The molecule has 2 N–H and O–H groups in total. The van der Waals surface area contributed by atoms with Crippen LogP contribution in [-0.2, 0) is 0 Å². The highest BCUT2D eigenvalue weighted by atomic mass is 19.1. The van der Waals surface area contributed by atoms with E-state index in [4.69, 9.17) is 20.9 Å². The van der Waals surface area contributed by atoms with Crippen molar-refractivity contribution in [2.24, 2.45) is 0 Å². The SMILES string of the molecule is C#Cc1c(F)ccc2cc(O)cc(-c3nc(OC)c4c(N5CCNCC5)nc(OCC56CCCN5C[C@H](F)C6)nc4c3F)c12. The summed E-state index contributed by atoms with van der Waals surface area (Å²) in [6, 6.07) is 5.31. The molecule has 2 aromatic heterocycles. The molecule has 12 heteroatoms. The van der Waals surface area contributed by atoms with Crippen molar-refractivity contribution < 1.29 is 27.8 Å². The van der Waals surface area contributed by atoms with Crippen LogP contribution in [-0.4, -0.2) is 89.7 Å². The van der Waals surface area contributed by atoms with Crippen LogP contribution in [0, 0.1) is 24.0 Å². The first-order chi connectivity index (χ1) is 21.3. The van der Waals surface area contributed by atoms with Crippen LogP contribution in [0.25, 0.3) is 32.9 Å². The van der Waals surface area contributed by atoms with Gasteiger partial charge >= 0.3 is 6.01 Å². The quantitative estimate of drug-likeness (QED) is 0.314. The van der Waals surface area contributed by atoms with E-state index < -0.39 is 23.3 Å². The lowest BCUT2D eigenvalue weighted by Gasteiger charge is -2.32. The van der Waals surface area contributed by atoms with Crippen LogP contribution in [0.3, 0.4) is 0 Å². The predicted octanol–water partition coefficient (Wildman–Crippen LogP) is 4.18. The van der Waals surface area contributed by atoms with Crippen molar-refractivity contribution >= 4 is 27.5 Å². The zero-order chi connectivity index (χ0) is 30.6. The number of piperazine rings is 1. The topological polar surface area (TPSA) is 95.9 Å². The zero-order valence-corrected chi connectivity index (χ0v) is 24.2. The van der Waals surface area contributed by atoms with Crippen molar-refractivity contribution in [1.29, 1.82) is 0 Å². The Balaban J connectivity index is 1.43. The van der Waals surface area contributed by atoms with E-state index in [-0.39, 0.29) is 57.4 Å². The molecule has 5 heterocycles. The summed E-state index contributed by atoms with van der Waals surface area (Å²) in [5, 5.41) is 14.7.